The molecule has 0 rings (SSSR count). The molecule has 0 aromatic rings. The number of rotatable bonds is 6. The first-order valence-electron chi connectivity index (χ1n) is 5.10. The molecule has 0 bridgehead atoms. The summed E-state index contributed by atoms with van der Waals surface area (Å²) >= 11 is 0. The van der Waals surface area contributed by atoms with E-state index in [-0.39, 0.29) is 6.54 Å². The van der Waals surface area contributed by atoms with E-state index in [1.807, 2.05) is 19.9 Å². The molecule has 0 radical (unpaired) electrons. The Morgan fingerprint density at radius 1 is 1.50 bits per heavy atom. The van der Waals surface area contributed by atoms with Crippen molar-refractivity contribution in [2.75, 3.05) is 6.54 Å². The van der Waals surface area contributed by atoms with Crippen LogP contribution in [0.3, 0.4) is 0 Å². The van der Waals surface area contributed by atoms with Crippen LogP contribution in [0.25, 0.3) is 0 Å². The van der Waals surface area contributed by atoms with Gasteiger partial charge in [0.25, 0.3) is 5.91 Å². The molecule has 0 aromatic carbocycles. The van der Waals surface area contributed by atoms with Crippen LogP contribution in [0.5, 0.6) is 0 Å². The van der Waals surface area contributed by atoms with Crippen molar-refractivity contribution in [3.05, 3.63) is 11.6 Å². The highest BCUT2D eigenvalue weighted by molar-refractivity contribution is 5.87. The van der Waals surface area contributed by atoms with E-state index < -0.39 is 17.9 Å². The van der Waals surface area contributed by atoms with Crippen molar-refractivity contribution < 1.29 is 14.8 Å². The summed E-state index contributed by atoms with van der Waals surface area (Å²) in [5, 5.41) is 11.0. The van der Waals surface area contributed by atoms with Gasteiger partial charge in [0.2, 0.25) is 5.91 Å². The highest BCUT2D eigenvalue weighted by Crippen LogP contribution is 2.06. The van der Waals surface area contributed by atoms with Crippen molar-refractivity contribution in [2.24, 2.45) is 5.73 Å². The number of allylic oxidation sites excluding steroid dienone is 2. The molecular formula is C10H19N3O3. The van der Waals surface area contributed by atoms with E-state index in [0.29, 0.717) is 12.8 Å². The van der Waals surface area contributed by atoms with Gasteiger partial charge in [-0.15, -0.1) is 0 Å². The van der Waals surface area contributed by atoms with E-state index >= 15 is 0 Å². The third kappa shape index (κ3) is 5.47. The Labute approximate surface area is 94.8 Å². The molecule has 92 valence electrons. The second kappa shape index (κ2) is 7.84. The number of hydroxylamine groups is 1. The molecule has 6 heteroatoms. The molecule has 5 N–H and O–H groups in total. The summed E-state index contributed by atoms with van der Waals surface area (Å²) < 4.78 is 0. The Hall–Kier alpha value is -1.40. The van der Waals surface area contributed by atoms with Gasteiger partial charge in [0, 0.05) is 0 Å². The minimum atomic E-state index is -0.754. The molecule has 6 nitrogen and oxygen atoms in total. The van der Waals surface area contributed by atoms with Gasteiger partial charge in [-0.3, -0.25) is 14.8 Å². The first-order chi connectivity index (χ1) is 7.54. The molecule has 1 unspecified atom stereocenters. The molecule has 0 saturated carbocycles. The van der Waals surface area contributed by atoms with Gasteiger partial charge in [-0.05, 0) is 26.7 Å². The standard InChI is InChI=1S/C10H19N3O3/c1-3-7(2)4-5-8(10(15)13-16)12-9(14)6-11/h3,8,16H,4-6,11H2,1-2H3,(H,12,14)(H,13,15)/b7-3+. The van der Waals surface area contributed by atoms with E-state index in [0.717, 1.165) is 5.57 Å². The number of hydrogen-bond donors (Lipinski definition) is 4. The van der Waals surface area contributed by atoms with Crippen molar-refractivity contribution in [1.82, 2.24) is 10.8 Å². The molecule has 0 fully saturated rings. The Morgan fingerprint density at radius 3 is 2.56 bits per heavy atom. The van der Waals surface area contributed by atoms with Crippen molar-refractivity contribution in [3.63, 3.8) is 0 Å². The molecule has 0 aliphatic heterocycles. The predicted octanol–water partition coefficient (Wildman–Crippen LogP) is -0.318. The van der Waals surface area contributed by atoms with Gasteiger partial charge in [0.15, 0.2) is 0 Å². The number of nitrogens with one attached hydrogen (secondary N) is 2. The van der Waals surface area contributed by atoms with E-state index in [1.165, 1.54) is 5.48 Å². The topological polar surface area (TPSA) is 104 Å². The van der Waals surface area contributed by atoms with Crippen LogP contribution in [0.2, 0.25) is 0 Å². The van der Waals surface area contributed by atoms with Gasteiger partial charge in [-0.2, -0.15) is 0 Å². The zero-order valence-corrected chi connectivity index (χ0v) is 9.62. The average Bonchev–Trinajstić information content (AvgIpc) is 2.32. The van der Waals surface area contributed by atoms with Crippen LogP contribution in [0, 0.1) is 0 Å². The highest BCUT2D eigenvalue weighted by atomic mass is 16.5. The second-order valence-electron chi connectivity index (χ2n) is 3.47. The van der Waals surface area contributed by atoms with Crippen LogP contribution in [-0.4, -0.2) is 29.6 Å². The van der Waals surface area contributed by atoms with Crippen molar-refractivity contribution in [2.45, 2.75) is 32.7 Å². The first kappa shape index (κ1) is 14.6. The van der Waals surface area contributed by atoms with Gasteiger partial charge in [-0.25, -0.2) is 5.48 Å². The van der Waals surface area contributed by atoms with Crippen molar-refractivity contribution >= 4 is 11.8 Å². The molecular weight excluding hydrogens is 210 g/mol. The molecule has 0 saturated heterocycles. The maximum atomic E-state index is 11.2. The summed E-state index contributed by atoms with van der Waals surface area (Å²) in [7, 11) is 0. The summed E-state index contributed by atoms with van der Waals surface area (Å²) in [6.07, 6.45) is 3.02. The molecule has 0 aromatic heterocycles. The largest absolute Gasteiger partial charge is 0.343 e. The average molecular weight is 229 g/mol. The molecule has 1 atom stereocenters. The fraction of sp³-hybridized carbons (Fsp3) is 0.600. The smallest absolute Gasteiger partial charge is 0.265 e. The predicted molar refractivity (Wildman–Crippen MR) is 59.6 cm³/mol. The van der Waals surface area contributed by atoms with Gasteiger partial charge in [0.05, 0.1) is 6.54 Å². The fourth-order valence-corrected chi connectivity index (χ4v) is 1.12. The summed E-state index contributed by atoms with van der Waals surface area (Å²) in [6, 6.07) is -0.754. The lowest BCUT2D eigenvalue weighted by Crippen LogP contribution is -2.47. The van der Waals surface area contributed by atoms with Crippen molar-refractivity contribution in [3.8, 4) is 0 Å². The Morgan fingerprint density at radius 2 is 2.12 bits per heavy atom. The third-order valence-corrected chi connectivity index (χ3v) is 2.27. The highest BCUT2D eigenvalue weighted by Gasteiger charge is 2.19. The third-order valence-electron chi connectivity index (χ3n) is 2.27. The summed E-state index contributed by atoms with van der Waals surface area (Å²) in [6.45, 7) is 3.64. The lowest BCUT2D eigenvalue weighted by Gasteiger charge is -2.16. The number of amides is 2. The van der Waals surface area contributed by atoms with Gasteiger partial charge >= 0.3 is 0 Å². The van der Waals surface area contributed by atoms with E-state index in [1.54, 1.807) is 0 Å². The molecule has 0 heterocycles. The zero-order chi connectivity index (χ0) is 12.6. The van der Waals surface area contributed by atoms with Crippen LogP contribution < -0.4 is 16.5 Å². The minimum Gasteiger partial charge on any atom is -0.343 e. The number of carbonyl (C=O) groups excluding carboxylic acids is 2. The molecule has 16 heavy (non-hydrogen) atoms. The number of hydrogen-bond acceptors (Lipinski definition) is 4. The number of nitrogens with two attached hydrogens (primary N) is 1. The SMILES string of the molecule is C/C=C(\C)CCC(NC(=O)CN)C(=O)NO. The summed E-state index contributed by atoms with van der Waals surface area (Å²) in [5.41, 5.74) is 7.76. The van der Waals surface area contributed by atoms with Crippen LogP contribution in [-0.2, 0) is 9.59 Å². The summed E-state index contributed by atoms with van der Waals surface area (Å²) in [4.78, 5) is 22.3. The lowest BCUT2D eigenvalue weighted by atomic mass is 10.1. The van der Waals surface area contributed by atoms with Crippen LogP contribution in [0.1, 0.15) is 26.7 Å². The monoisotopic (exact) mass is 229 g/mol. The Bertz CT molecular complexity index is 276. The summed E-state index contributed by atoms with van der Waals surface area (Å²) in [5.74, 6) is -1.06. The van der Waals surface area contributed by atoms with Crippen molar-refractivity contribution in [1.29, 1.82) is 0 Å². The van der Waals surface area contributed by atoms with Gasteiger partial charge in [0.1, 0.15) is 6.04 Å². The minimum absolute atomic E-state index is 0.183. The molecule has 0 spiro atoms. The molecule has 2 amide bonds. The lowest BCUT2D eigenvalue weighted by molar-refractivity contribution is -0.134. The van der Waals surface area contributed by atoms with E-state index in [4.69, 9.17) is 10.9 Å². The van der Waals surface area contributed by atoms with Crippen LogP contribution in [0.15, 0.2) is 11.6 Å². The first-order valence-corrected chi connectivity index (χ1v) is 5.10. The van der Waals surface area contributed by atoms with Gasteiger partial charge < -0.3 is 11.1 Å². The molecule has 0 aliphatic rings. The zero-order valence-electron chi connectivity index (χ0n) is 9.62. The fourth-order valence-electron chi connectivity index (χ4n) is 1.12. The Balaban J connectivity index is 4.32. The second-order valence-corrected chi connectivity index (χ2v) is 3.47. The normalized spacial score (nSPS) is 13.1. The quantitative estimate of drug-likeness (QED) is 0.284. The maximum absolute atomic E-state index is 11.2. The van der Waals surface area contributed by atoms with Crippen LogP contribution >= 0.6 is 0 Å². The number of carbonyl (C=O) groups is 2. The van der Waals surface area contributed by atoms with Gasteiger partial charge in [-0.1, -0.05) is 11.6 Å². The van der Waals surface area contributed by atoms with Crippen LogP contribution in [0.4, 0.5) is 0 Å². The van der Waals surface area contributed by atoms with E-state index in [2.05, 4.69) is 5.32 Å². The Kier molecular flexibility index (Phi) is 7.15. The van der Waals surface area contributed by atoms with E-state index in [9.17, 15) is 9.59 Å². The maximum Gasteiger partial charge on any atom is 0.265 e. The molecule has 0 aliphatic carbocycles.